The van der Waals surface area contributed by atoms with Gasteiger partial charge in [-0.05, 0) is 54.4 Å². The molecule has 7 heteroatoms. The Balaban J connectivity index is 3.37. The Hall–Kier alpha value is 0.231. The fourth-order valence-corrected chi connectivity index (χ4v) is 7.20. The number of rotatable bonds is 9. The summed E-state index contributed by atoms with van der Waals surface area (Å²) in [4.78, 5) is 0. The van der Waals surface area contributed by atoms with Crippen LogP contribution in [0.2, 0.25) is 54.4 Å². The zero-order valence-electron chi connectivity index (χ0n) is 26.2. The molecule has 1 unspecified atom stereocenters. The van der Waals surface area contributed by atoms with Gasteiger partial charge in [-0.25, -0.2) is 0 Å². The predicted molar refractivity (Wildman–Crippen MR) is 160 cm³/mol. The van der Waals surface area contributed by atoms with Crippen LogP contribution in [0, 0.1) is 5.92 Å². The van der Waals surface area contributed by atoms with Crippen LogP contribution in [0.25, 0.3) is 0 Å². The zero-order chi connectivity index (χ0) is 27.8. The van der Waals surface area contributed by atoms with Crippen molar-refractivity contribution in [1.82, 2.24) is 0 Å². The van der Waals surface area contributed by atoms with Gasteiger partial charge in [0.25, 0.3) is 0 Å². The van der Waals surface area contributed by atoms with Gasteiger partial charge < -0.3 is 18.0 Å². The lowest BCUT2D eigenvalue weighted by Crippen LogP contribution is -2.59. The summed E-state index contributed by atoms with van der Waals surface area (Å²) >= 11 is 0. The molecule has 35 heavy (non-hydrogen) atoms. The van der Waals surface area contributed by atoms with Crippen molar-refractivity contribution in [2.75, 3.05) is 6.61 Å². The molecule has 0 aliphatic carbocycles. The molecule has 5 atom stereocenters. The maximum absolute atomic E-state index is 7.06. The van der Waals surface area contributed by atoms with E-state index in [4.69, 9.17) is 18.0 Å². The van der Waals surface area contributed by atoms with E-state index in [-0.39, 0.29) is 45.4 Å². The van der Waals surface area contributed by atoms with Crippen LogP contribution in [-0.2, 0) is 18.0 Å². The largest absolute Gasteiger partial charge is 0.414 e. The van der Waals surface area contributed by atoms with Crippen molar-refractivity contribution < 1.29 is 18.0 Å². The monoisotopic (exact) mass is 544 g/mol. The van der Waals surface area contributed by atoms with Gasteiger partial charge in [0.15, 0.2) is 25.0 Å². The normalized spacial score (nSPS) is 26.5. The molecule has 1 rings (SSSR count). The Bertz CT molecular complexity index is 698. The molecular formula is C28H60O4Si3. The smallest absolute Gasteiger partial charge is 0.192 e. The van der Waals surface area contributed by atoms with Crippen molar-refractivity contribution in [3.8, 4) is 0 Å². The highest BCUT2D eigenvalue weighted by atomic mass is 28.4. The summed E-state index contributed by atoms with van der Waals surface area (Å²) in [6.07, 6.45) is 2.64. The third-order valence-corrected chi connectivity index (χ3v) is 22.9. The van der Waals surface area contributed by atoms with E-state index in [0.29, 0.717) is 6.61 Å². The Morgan fingerprint density at radius 1 is 0.771 bits per heavy atom. The second-order valence-electron chi connectivity index (χ2n) is 15.4. The first-order valence-corrected chi connectivity index (χ1v) is 22.4. The van der Waals surface area contributed by atoms with E-state index in [1.54, 1.807) is 0 Å². The van der Waals surface area contributed by atoms with Crippen LogP contribution in [0.5, 0.6) is 0 Å². The van der Waals surface area contributed by atoms with Gasteiger partial charge in [0, 0.05) is 12.3 Å². The maximum atomic E-state index is 7.06. The lowest BCUT2D eigenvalue weighted by molar-refractivity contribution is -0.179. The minimum absolute atomic E-state index is 0.0113. The molecule has 0 aromatic carbocycles. The molecule has 1 aliphatic heterocycles. The van der Waals surface area contributed by atoms with Crippen LogP contribution in [0.3, 0.4) is 0 Å². The number of hydrogen-bond acceptors (Lipinski definition) is 4. The van der Waals surface area contributed by atoms with Gasteiger partial charge in [0.05, 0.1) is 24.9 Å². The maximum Gasteiger partial charge on any atom is 0.192 e. The van der Waals surface area contributed by atoms with Crippen LogP contribution in [-0.4, -0.2) is 56.0 Å². The zero-order valence-corrected chi connectivity index (χ0v) is 29.2. The third kappa shape index (κ3) is 8.36. The molecule has 0 amide bonds. The molecule has 1 aliphatic rings. The van der Waals surface area contributed by atoms with Crippen molar-refractivity contribution in [3.05, 3.63) is 12.7 Å². The van der Waals surface area contributed by atoms with Gasteiger partial charge in [-0.3, -0.25) is 0 Å². The molecule has 208 valence electrons. The van der Waals surface area contributed by atoms with Crippen LogP contribution < -0.4 is 0 Å². The van der Waals surface area contributed by atoms with E-state index in [0.717, 1.165) is 6.42 Å². The molecular weight excluding hydrogens is 485 g/mol. The van der Waals surface area contributed by atoms with Crippen molar-refractivity contribution in [2.24, 2.45) is 5.92 Å². The number of ether oxygens (including phenoxy) is 1. The van der Waals surface area contributed by atoms with Gasteiger partial charge in [0.2, 0.25) is 0 Å². The summed E-state index contributed by atoms with van der Waals surface area (Å²) in [5.74, 6) is 0.189. The quantitative estimate of drug-likeness (QED) is 0.215. The predicted octanol–water partition coefficient (Wildman–Crippen LogP) is 8.77. The van der Waals surface area contributed by atoms with E-state index >= 15 is 0 Å². The molecule has 0 spiro atoms. The van der Waals surface area contributed by atoms with E-state index in [2.05, 4.69) is 115 Å². The lowest BCUT2D eigenvalue weighted by Gasteiger charge is -2.50. The molecule has 0 N–H and O–H groups in total. The fourth-order valence-electron chi connectivity index (χ4n) is 3.49. The average Bonchev–Trinajstić information content (AvgIpc) is 2.63. The first-order chi connectivity index (χ1) is 15.4. The highest BCUT2D eigenvalue weighted by Crippen LogP contribution is 2.44. The topological polar surface area (TPSA) is 36.9 Å². The molecule has 4 nitrogen and oxygen atoms in total. The molecule has 0 saturated carbocycles. The van der Waals surface area contributed by atoms with Gasteiger partial charge in [-0.1, -0.05) is 75.3 Å². The Morgan fingerprint density at radius 3 is 1.54 bits per heavy atom. The van der Waals surface area contributed by atoms with Gasteiger partial charge in [-0.2, -0.15) is 0 Å². The van der Waals surface area contributed by atoms with Crippen molar-refractivity contribution >= 4 is 25.0 Å². The molecule has 1 saturated heterocycles. The third-order valence-electron chi connectivity index (χ3n) is 9.39. The van der Waals surface area contributed by atoms with Crippen LogP contribution >= 0.6 is 0 Å². The average molecular weight is 545 g/mol. The summed E-state index contributed by atoms with van der Waals surface area (Å²) in [5, 5.41) is 0.408. The van der Waals surface area contributed by atoms with Crippen LogP contribution in [0.15, 0.2) is 12.7 Å². The first-order valence-electron chi connectivity index (χ1n) is 13.6. The number of hydrogen-bond donors (Lipinski definition) is 0. The molecule has 1 heterocycles. The summed E-state index contributed by atoms with van der Waals surface area (Å²) < 4.78 is 27.7. The standard InChI is InChI=1S/C28H60O4Si3/c1-18-21(2)25-23(32-35(16,17)28(9,10)11)19-22(31-34(14,15)27(6,7)8)24(30-25)20-29-33(12,13)26(3,4)5/h18,21-25H,1,19-20H2,2-17H3/t21-,22+,23?,24+,25-/m0/s1. The summed E-state index contributed by atoms with van der Waals surface area (Å²) in [7, 11) is -5.93. The summed E-state index contributed by atoms with van der Waals surface area (Å²) in [6.45, 7) is 41.5. The van der Waals surface area contributed by atoms with Gasteiger partial charge in [-0.15, -0.1) is 6.58 Å². The SMILES string of the molecule is C=C[C@H](C)[C@@H]1O[C@H](CO[Si](C)(C)C(C)(C)C)[C@H](O[Si](C)(C)C(C)(C)C)CC1O[Si](C)(C)C(C)(C)C. The molecule has 0 radical (unpaired) electrons. The fraction of sp³-hybridized carbons (Fsp3) is 0.929. The van der Waals surface area contributed by atoms with E-state index in [1.807, 2.05) is 6.08 Å². The van der Waals surface area contributed by atoms with E-state index in [1.165, 1.54) is 0 Å². The van der Waals surface area contributed by atoms with Gasteiger partial charge >= 0.3 is 0 Å². The Kier molecular flexibility index (Phi) is 10.6. The first kappa shape index (κ1) is 33.3. The second kappa shape index (κ2) is 11.1. The summed E-state index contributed by atoms with van der Waals surface area (Å²) in [6, 6.07) is 0. The second-order valence-corrected chi connectivity index (χ2v) is 29.7. The molecule has 0 aromatic rings. The van der Waals surface area contributed by atoms with Crippen LogP contribution in [0.1, 0.15) is 75.7 Å². The van der Waals surface area contributed by atoms with Gasteiger partial charge in [0.1, 0.15) is 6.10 Å². The summed E-state index contributed by atoms with van der Waals surface area (Å²) in [5.41, 5.74) is 0. The minimum atomic E-state index is -2.02. The molecule has 0 bridgehead atoms. The van der Waals surface area contributed by atoms with E-state index in [9.17, 15) is 0 Å². The van der Waals surface area contributed by atoms with Crippen molar-refractivity contribution in [3.63, 3.8) is 0 Å². The lowest BCUT2D eigenvalue weighted by atomic mass is 9.91. The van der Waals surface area contributed by atoms with Crippen molar-refractivity contribution in [1.29, 1.82) is 0 Å². The van der Waals surface area contributed by atoms with Crippen LogP contribution in [0.4, 0.5) is 0 Å². The minimum Gasteiger partial charge on any atom is -0.414 e. The molecule has 0 aromatic heterocycles. The Labute approximate surface area is 222 Å². The van der Waals surface area contributed by atoms with Crippen molar-refractivity contribution in [2.45, 2.75) is 154 Å². The van der Waals surface area contributed by atoms with E-state index < -0.39 is 25.0 Å². The molecule has 1 fully saturated rings. The highest BCUT2D eigenvalue weighted by molar-refractivity contribution is 6.75. The Morgan fingerprint density at radius 2 is 1.17 bits per heavy atom. The highest BCUT2D eigenvalue weighted by Gasteiger charge is 2.50.